The maximum atomic E-state index is 5.63. The lowest BCUT2D eigenvalue weighted by atomic mass is 10.1. The van der Waals surface area contributed by atoms with Gasteiger partial charge in [-0.2, -0.15) is 0 Å². The molecular weight excluding hydrogens is 346 g/mol. The summed E-state index contributed by atoms with van der Waals surface area (Å²) in [6.07, 6.45) is 0. The minimum absolute atomic E-state index is 0.195. The average molecular weight is 369 g/mol. The van der Waals surface area contributed by atoms with E-state index >= 15 is 0 Å². The Morgan fingerprint density at radius 1 is 1.08 bits per heavy atom. The van der Waals surface area contributed by atoms with E-state index in [0.717, 1.165) is 47.2 Å². The molecule has 1 aliphatic heterocycles. The minimum Gasteiger partial charge on any atom is -0.496 e. The quantitative estimate of drug-likeness (QED) is 0.683. The fraction of sp³-hybridized carbons (Fsp3) is 0.350. The number of imidazole rings is 1. The average Bonchev–Trinajstić information content (AvgIpc) is 3.26. The van der Waals surface area contributed by atoms with Crippen LogP contribution in [0.25, 0.3) is 11.0 Å². The van der Waals surface area contributed by atoms with Crippen molar-refractivity contribution in [1.29, 1.82) is 0 Å². The second kappa shape index (κ2) is 7.21. The van der Waals surface area contributed by atoms with Crippen LogP contribution in [0.3, 0.4) is 0 Å². The van der Waals surface area contributed by atoms with Crippen molar-refractivity contribution >= 4 is 22.8 Å². The molecule has 1 atom stereocenters. The molecule has 3 aromatic rings. The monoisotopic (exact) mass is 369 g/mol. The van der Waals surface area contributed by atoms with Gasteiger partial charge in [0.2, 0.25) is 0 Å². The van der Waals surface area contributed by atoms with E-state index in [2.05, 4.69) is 34.7 Å². The molecule has 1 aromatic heterocycles. The molecule has 0 aliphatic carbocycles. The van der Waals surface area contributed by atoms with Gasteiger partial charge >= 0.3 is 0 Å². The normalized spacial score (nSPS) is 17.7. The van der Waals surface area contributed by atoms with Crippen LogP contribution in [0.5, 0.6) is 11.5 Å². The van der Waals surface area contributed by atoms with Crippen LogP contribution in [0.1, 0.15) is 16.8 Å². The number of methoxy groups -OCH3 is 2. The van der Waals surface area contributed by atoms with Gasteiger partial charge in [0, 0.05) is 19.3 Å². The summed E-state index contributed by atoms with van der Waals surface area (Å²) in [5.41, 5.74) is 3.32. The fourth-order valence-electron chi connectivity index (χ4n) is 3.57. The Hall–Kier alpha value is -2.18. The summed E-state index contributed by atoms with van der Waals surface area (Å²) in [5, 5.41) is 0.195. The van der Waals surface area contributed by atoms with Gasteiger partial charge in [-0.3, -0.25) is 4.90 Å². The summed E-state index contributed by atoms with van der Waals surface area (Å²) in [7, 11) is 5.52. The van der Waals surface area contributed by atoms with Crippen molar-refractivity contribution in [3.05, 3.63) is 53.9 Å². The molecule has 1 aliphatic rings. The number of thioether (sulfide) groups is 1. The van der Waals surface area contributed by atoms with Gasteiger partial charge in [-0.1, -0.05) is 18.2 Å². The third-order valence-electron chi connectivity index (χ3n) is 4.92. The number of nitrogens with zero attached hydrogens (tertiary/aromatic N) is 3. The highest BCUT2D eigenvalue weighted by molar-refractivity contribution is 7.99. The number of ether oxygens (including phenoxy) is 2. The molecule has 0 spiro atoms. The van der Waals surface area contributed by atoms with Crippen LogP contribution in [0.4, 0.5) is 0 Å². The van der Waals surface area contributed by atoms with Crippen LogP contribution in [0.15, 0.2) is 42.5 Å². The molecule has 6 heteroatoms. The zero-order chi connectivity index (χ0) is 18.1. The Kier molecular flexibility index (Phi) is 4.78. The molecule has 26 heavy (non-hydrogen) atoms. The lowest BCUT2D eigenvalue weighted by Gasteiger charge is -2.26. The first-order valence-corrected chi connectivity index (χ1v) is 9.74. The second-order valence-electron chi connectivity index (χ2n) is 6.35. The van der Waals surface area contributed by atoms with Crippen LogP contribution >= 0.6 is 11.8 Å². The highest BCUT2D eigenvalue weighted by Gasteiger charge is 2.32. The molecule has 0 N–H and O–H groups in total. The molecule has 0 saturated carbocycles. The van der Waals surface area contributed by atoms with E-state index in [9.17, 15) is 0 Å². The maximum absolute atomic E-state index is 5.63. The molecule has 1 saturated heterocycles. The molecule has 5 nitrogen and oxygen atoms in total. The number of hydrogen-bond donors (Lipinski definition) is 0. The van der Waals surface area contributed by atoms with E-state index in [1.54, 1.807) is 14.2 Å². The summed E-state index contributed by atoms with van der Waals surface area (Å²) >= 11 is 1.92. The Labute approximate surface area is 157 Å². The SMILES string of the molecule is COc1cccc(OC)c1C1SCCN1Cc1nc2ccccc2n1C. The van der Waals surface area contributed by atoms with Gasteiger partial charge in [-0.15, -0.1) is 11.8 Å². The van der Waals surface area contributed by atoms with Gasteiger partial charge in [0.1, 0.15) is 17.3 Å². The Bertz CT molecular complexity index is 902. The Balaban J connectivity index is 1.68. The van der Waals surface area contributed by atoms with E-state index in [1.165, 1.54) is 5.52 Å². The molecule has 0 amide bonds. The zero-order valence-corrected chi connectivity index (χ0v) is 16.1. The fourth-order valence-corrected chi connectivity index (χ4v) is 4.93. The lowest BCUT2D eigenvalue weighted by Crippen LogP contribution is -2.24. The molecule has 1 fully saturated rings. The van der Waals surface area contributed by atoms with Crippen molar-refractivity contribution < 1.29 is 9.47 Å². The standard InChI is InChI=1S/C20H23N3O2S/c1-22-15-8-5-4-7-14(15)21-18(22)13-23-11-12-26-20(23)19-16(24-2)9-6-10-17(19)25-3/h4-10,20H,11-13H2,1-3H3. The number of hydrogen-bond acceptors (Lipinski definition) is 5. The number of rotatable bonds is 5. The molecule has 4 rings (SSSR count). The molecule has 0 radical (unpaired) electrons. The predicted octanol–water partition coefficient (Wildman–Crippen LogP) is 3.84. The third-order valence-corrected chi connectivity index (χ3v) is 6.19. The van der Waals surface area contributed by atoms with Gasteiger partial charge in [-0.25, -0.2) is 4.98 Å². The van der Waals surface area contributed by atoms with Crippen LogP contribution < -0.4 is 9.47 Å². The summed E-state index contributed by atoms with van der Waals surface area (Å²) in [6.45, 7) is 1.81. The zero-order valence-electron chi connectivity index (χ0n) is 15.3. The number of fused-ring (bicyclic) bond motifs is 1. The molecule has 2 heterocycles. The number of aromatic nitrogens is 2. The first kappa shape index (κ1) is 17.2. The number of benzene rings is 2. The highest BCUT2D eigenvalue weighted by atomic mass is 32.2. The molecule has 2 aromatic carbocycles. The van der Waals surface area contributed by atoms with Crippen LogP contribution in [0.2, 0.25) is 0 Å². The van der Waals surface area contributed by atoms with Crippen molar-refractivity contribution in [2.45, 2.75) is 11.9 Å². The first-order valence-electron chi connectivity index (χ1n) is 8.70. The maximum Gasteiger partial charge on any atom is 0.128 e. The first-order chi connectivity index (χ1) is 12.7. The topological polar surface area (TPSA) is 39.5 Å². The summed E-state index contributed by atoms with van der Waals surface area (Å²) in [4.78, 5) is 7.29. The van der Waals surface area contributed by atoms with E-state index in [0.29, 0.717) is 0 Å². The van der Waals surface area contributed by atoms with E-state index in [-0.39, 0.29) is 5.37 Å². The Morgan fingerprint density at radius 3 is 2.50 bits per heavy atom. The van der Waals surface area contributed by atoms with E-state index in [4.69, 9.17) is 14.5 Å². The van der Waals surface area contributed by atoms with Crippen LogP contribution in [-0.4, -0.2) is 41.0 Å². The highest BCUT2D eigenvalue weighted by Crippen LogP contribution is 2.46. The molecule has 136 valence electrons. The number of para-hydroxylation sites is 2. The summed E-state index contributed by atoms with van der Waals surface area (Å²) < 4.78 is 13.4. The van der Waals surface area contributed by atoms with Gasteiger partial charge in [0.05, 0.1) is 42.7 Å². The van der Waals surface area contributed by atoms with Gasteiger partial charge in [0.15, 0.2) is 0 Å². The largest absolute Gasteiger partial charge is 0.496 e. The molecule has 0 bridgehead atoms. The minimum atomic E-state index is 0.195. The van der Waals surface area contributed by atoms with Crippen molar-refractivity contribution in [3.63, 3.8) is 0 Å². The van der Waals surface area contributed by atoms with E-state index < -0.39 is 0 Å². The molecule has 1 unspecified atom stereocenters. The lowest BCUT2D eigenvalue weighted by molar-refractivity contribution is 0.261. The van der Waals surface area contributed by atoms with Crippen LogP contribution in [-0.2, 0) is 13.6 Å². The number of aryl methyl sites for hydroxylation is 1. The summed E-state index contributed by atoms with van der Waals surface area (Å²) in [6, 6.07) is 14.3. The van der Waals surface area contributed by atoms with Crippen molar-refractivity contribution in [2.75, 3.05) is 26.5 Å². The van der Waals surface area contributed by atoms with E-state index in [1.807, 2.05) is 36.0 Å². The van der Waals surface area contributed by atoms with Gasteiger partial charge in [-0.05, 0) is 24.3 Å². The summed E-state index contributed by atoms with van der Waals surface area (Å²) in [5.74, 6) is 3.90. The van der Waals surface area contributed by atoms with Crippen LogP contribution in [0, 0.1) is 0 Å². The van der Waals surface area contributed by atoms with Crippen molar-refractivity contribution in [3.8, 4) is 11.5 Å². The van der Waals surface area contributed by atoms with Crippen molar-refractivity contribution in [2.24, 2.45) is 7.05 Å². The van der Waals surface area contributed by atoms with Gasteiger partial charge < -0.3 is 14.0 Å². The third kappa shape index (κ3) is 2.93. The van der Waals surface area contributed by atoms with Crippen molar-refractivity contribution in [1.82, 2.24) is 14.5 Å². The predicted molar refractivity (Wildman–Crippen MR) is 106 cm³/mol. The molecular formula is C20H23N3O2S. The second-order valence-corrected chi connectivity index (χ2v) is 7.53. The Morgan fingerprint density at radius 2 is 1.81 bits per heavy atom. The smallest absolute Gasteiger partial charge is 0.128 e. The van der Waals surface area contributed by atoms with Gasteiger partial charge in [0.25, 0.3) is 0 Å².